The number of aromatic hydroxyl groups is 1. The van der Waals surface area contributed by atoms with Crippen LogP contribution in [-0.4, -0.2) is 34.6 Å². The van der Waals surface area contributed by atoms with Gasteiger partial charge in [-0.05, 0) is 37.0 Å². The van der Waals surface area contributed by atoms with Gasteiger partial charge in [0.2, 0.25) is 0 Å². The zero-order valence-electron chi connectivity index (χ0n) is 13.4. The summed E-state index contributed by atoms with van der Waals surface area (Å²) in [5.74, 6) is 0.515. The predicted molar refractivity (Wildman–Crippen MR) is 97.1 cm³/mol. The first-order chi connectivity index (χ1) is 12.6. The van der Waals surface area contributed by atoms with Crippen LogP contribution in [0.5, 0.6) is 5.75 Å². The third-order valence-electron chi connectivity index (χ3n) is 4.53. The van der Waals surface area contributed by atoms with Crippen molar-refractivity contribution in [3.8, 4) is 11.4 Å². The highest BCUT2D eigenvalue weighted by Gasteiger charge is 2.33. The van der Waals surface area contributed by atoms with Crippen molar-refractivity contribution < 1.29 is 10.2 Å². The molecule has 1 atom stereocenters. The number of rotatable bonds is 4. The number of hydrogen-bond acceptors (Lipinski definition) is 6. The number of benzene rings is 1. The molecule has 0 saturated heterocycles. The van der Waals surface area contributed by atoms with E-state index in [9.17, 15) is 10.2 Å². The van der Waals surface area contributed by atoms with Gasteiger partial charge in [0, 0.05) is 4.88 Å². The lowest BCUT2D eigenvalue weighted by Crippen LogP contribution is -2.06. The van der Waals surface area contributed by atoms with E-state index in [-0.39, 0.29) is 10.8 Å². The fourth-order valence-electron chi connectivity index (χ4n) is 3.03. The van der Waals surface area contributed by atoms with Crippen LogP contribution in [0.2, 0.25) is 5.02 Å². The number of thiazole rings is 1. The summed E-state index contributed by atoms with van der Waals surface area (Å²) in [6, 6.07) is 4.77. The molecule has 9 heteroatoms. The van der Waals surface area contributed by atoms with Crippen molar-refractivity contribution in [2.75, 3.05) is 0 Å². The van der Waals surface area contributed by atoms with E-state index >= 15 is 0 Å². The molecular weight excluding hydrogens is 374 g/mol. The second kappa shape index (κ2) is 5.80. The van der Waals surface area contributed by atoms with Crippen molar-refractivity contribution in [2.45, 2.75) is 24.9 Å². The van der Waals surface area contributed by atoms with Gasteiger partial charge in [-0.25, -0.2) is 9.67 Å². The Morgan fingerprint density at radius 2 is 2.15 bits per heavy atom. The number of phenols is 1. The van der Waals surface area contributed by atoms with Crippen LogP contribution in [0.1, 0.15) is 41.1 Å². The number of hydrogen-bond donors (Lipinski definition) is 2. The molecule has 1 saturated carbocycles. The van der Waals surface area contributed by atoms with E-state index < -0.39 is 6.10 Å². The van der Waals surface area contributed by atoms with Crippen LogP contribution in [0.25, 0.3) is 10.5 Å². The van der Waals surface area contributed by atoms with Crippen LogP contribution in [0.3, 0.4) is 0 Å². The minimum absolute atomic E-state index is 0.00522. The molecule has 132 valence electrons. The summed E-state index contributed by atoms with van der Waals surface area (Å²) >= 11 is 7.63. The average molecular weight is 388 g/mol. The summed E-state index contributed by atoms with van der Waals surface area (Å²) in [4.78, 5) is 6.38. The van der Waals surface area contributed by atoms with Gasteiger partial charge in [0.05, 0.1) is 28.8 Å². The first-order valence-electron chi connectivity index (χ1n) is 8.15. The van der Waals surface area contributed by atoms with Crippen molar-refractivity contribution in [1.29, 1.82) is 0 Å². The van der Waals surface area contributed by atoms with Gasteiger partial charge in [-0.3, -0.25) is 4.40 Å². The van der Waals surface area contributed by atoms with Crippen molar-refractivity contribution >= 4 is 27.8 Å². The first kappa shape index (κ1) is 15.8. The lowest BCUT2D eigenvalue weighted by Gasteiger charge is -2.09. The minimum atomic E-state index is -0.894. The van der Waals surface area contributed by atoms with E-state index in [0.29, 0.717) is 17.3 Å². The molecule has 2 N–H and O–H groups in total. The van der Waals surface area contributed by atoms with Crippen LogP contribution in [0.15, 0.2) is 36.9 Å². The van der Waals surface area contributed by atoms with E-state index in [1.165, 1.54) is 15.6 Å². The molecule has 1 fully saturated rings. The van der Waals surface area contributed by atoms with Gasteiger partial charge in [-0.2, -0.15) is 0 Å². The van der Waals surface area contributed by atoms with Crippen molar-refractivity contribution in [3.63, 3.8) is 0 Å². The van der Waals surface area contributed by atoms with Gasteiger partial charge in [0.25, 0.3) is 0 Å². The van der Waals surface area contributed by atoms with E-state index in [1.807, 2.05) is 10.6 Å². The Bertz CT molecular complexity index is 1110. The molecule has 1 aliphatic carbocycles. The maximum atomic E-state index is 11.0. The Hall–Kier alpha value is -2.42. The fourth-order valence-corrected chi connectivity index (χ4v) is 4.51. The number of aliphatic hydroxyl groups is 1. The van der Waals surface area contributed by atoms with Gasteiger partial charge >= 0.3 is 0 Å². The second-order valence-corrected chi connectivity index (χ2v) is 7.82. The highest BCUT2D eigenvalue weighted by molar-refractivity contribution is 7.17. The Kier molecular flexibility index (Phi) is 3.53. The molecule has 0 aliphatic heterocycles. The Morgan fingerprint density at radius 3 is 2.92 bits per heavy atom. The lowest BCUT2D eigenvalue weighted by molar-refractivity contribution is 0.208. The summed E-state index contributed by atoms with van der Waals surface area (Å²) < 4.78 is 3.46. The molecule has 26 heavy (non-hydrogen) atoms. The molecule has 0 unspecified atom stereocenters. The monoisotopic (exact) mass is 387 g/mol. The molecule has 0 spiro atoms. The van der Waals surface area contributed by atoms with Crippen LogP contribution in [-0.2, 0) is 0 Å². The molecule has 0 amide bonds. The van der Waals surface area contributed by atoms with Crippen LogP contribution in [0.4, 0.5) is 0 Å². The van der Waals surface area contributed by atoms with Gasteiger partial charge in [0.15, 0.2) is 0 Å². The largest absolute Gasteiger partial charge is 0.506 e. The van der Waals surface area contributed by atoms with E-state index in [1.54, 1.807) is 36.0 Å². The zero-order chi connectivity index (χ0) is 17.8. The van der Waals surface area contributed by atoms with Crippen LogP contribution in [0, 0.1) is 0 Å². The number of imidazole rings is 1. The van der Waals surface area contributed by atoms with Gasteiger partial charge in [-0.15, -0.1) is 16.4 Å². The maximum Gasteiger partial charge on any atom is 0.141 e. The van der Waals surface area contributed by atoms with Gasteiger partial charge in [-0.1, -0.05) is 16.8 Å². The van der Waals surface area contributed by atoms with E-state index in [4.69, 9.17) is 11.6 Å². The van der Waals surface area contributed by atoms with E-state index in [0.717, 1.165) is 23.4 Å². The summed E-state index contributed by atoms with van der Waals surface area (Å²) in [7, 11) is 0. The first-order valence-corrected chi connectivity index (χ1v) is 9.35. The van der Waals surface area contributed by atoms with Crippen molar-refractivity contribution in [2.24, 2.45) is 0 Å². The predicted octanol–water partition coefficient (Wildman–Crippen LogP) is 3.29. The molecule has 7 nitrogen and oxygen atoms in total. The highest BCUT2D eigenvalue weighted by Crippen LogP contribution is 2.47. The summed E-state index contributed by atoms with van der Waals surface area (Å²) in [5.41, 5.74) is 1.92. The fraction of sp³-hybridized carbons (Fsp3) is 0.235. The standard InChI is InChI=1S/C17H14ClN5O2S/c18-11-5-10(3-4-13(11)24)23-7-12(20-21-23)16(25)15-17(9-1-2-9)26-14-6-19-8-22(14)15/h3-9,16,24-25H,1-2H2/t16-/m0/s1. The van der Waals surface area contributed by atoms with Crippen molar-refractivity contribution in [3.05, 3.63) is 58.2 Å². The summed E-state index contributed by atoms with van der Waals surface area (Å²) in [6.07, 6.45) is 6.60. The van der Waals surface area contributed by atoms with Crippen LogP contribution >= 0.6 is 22.9 Å². The molecule has 5 rings (SSSR count). The summed E-state index contributed by atoms with van der Waals surface area (Å²) in [5, 5.41) is 29.0. The number of aromatic nitrogens is 5. The topological polar surface area (TPSA) is 88.5 Å². The summed E-state index contributed by atoms with van der Waals surface area (Å²) in [6.45, 7) is 0. The van der Waals surface area contributed by atoms with Gasteiger partial charge in [0.1, 0.15) is 28.7 Å². The smallest absolute Gasteiger partial charge is 0.141 e. The third-order valence-corrected chi connectivity index (χ3v) is 6.10. The number of nitrogens with zero attached hydrogens (tertiary/aromatic N) is 5. The molecule has 3 heterocycles. The zero-order valence-corrected chi connectivity index (χ0v) is 15.0. The number of phenolic OH excluding ortho intramolecular Hbond substituents is 1. The molecule has 0 bridgehead atoms. The molecule has 4 aromatic rings. The number of fused-ring (bicyclic) bond motifs is 1. The second-order valence-electron chi connectivity index (χ2n) is 6.35. The third kappa shape index (κ3) is 2.49. The molecular formula is C17H14ClN5O2S. The Labute approximate surface area is 157 Å². The van der Waals surface area contributed by atoms with E-state index in [2.05, 4.69) is 15.3 Å². The SMILES string of the molecule is Oc1ccc(-n2cc([C@H](O)c3c(C4CC4)sc4cncn34)nn2)cc1Cl. The van der Waals surface area contributed by atoms with Gasteiger partial charge < -0.3 is 10.2 Å². The molecule has 1 aromatic carbocycles. The average Bonchev–Trinajstić information content (AvgIpc) is 3.06. The highest BCUT2D eigenvalue weighted by atomic mass is 35.5. The van der Waals surface area contributed by atoms with Crippen LogP contribution < -0.4 is 0 Å². The molecule has 1 aliphatic rings. The minimum Gasteiger partial charge on any atom is -0.506 e. The Morgan fingerprint density at radius 1 is 1.31 bits per heavy atom. The van der Waals surface area contributed by atoms with Crippen molar-refractivity contribution in [1.82, 2.24) is 24.4 Å². The maximum absolute atomic E-state index is 11.0. The quantitative estimate of drug-likeness (QED) is 0.561. The number of aliphatic hydroxyl groups excluding tert-OH is 1. The molecule has 3 aromatic heterocycles. The lowest BCUT2D eigenvalue weighted by atomic mass is 10.1. The Balaban J connectivity index is 1.55. The normalized spacial score (nSPS) is 15.6. The molecule has 0 radical (unpaired) electrons. The number of halogens is 1.